The van der Waals surface area contributed by atoms with Crippen LogP contribution in [0.1, 0.15) is 12.0 Å². The van der Waals surface area contributed by atoms with Crippen LogP contribution in [0.4, 0.5) is 11.4 Å². The van der Waals surface area contributed by atoms with E-state index in [0.717, 1.165) is 31.6 Å². The number of pyridine rings is 1. The van der Waals surface area contributed by atoms with Crippen LogP contribution >= 0.6 is 0 Å². The molecule has 0 saturated heterocycles. The number of fused-ring (bicyclic) bond motifs is 1. The zero-order chi connectivity index (χ0) is 13.8. The van der Waals surface area contributed by atoms with Crippen molar-refractivity contribution < 1.29 is 4.74 Å². The fourth-order valence-electron chi connectivity index (χ4n) is 2.61. The highest BCUT2D eigenvalue weighted by Gasteiger charge is 2.16. The van der Waals surface area contributed by atoms with Crippen molar-refractivity contribution in [3.05, 3.63) is 48.2 Å². The van der Waals surface area contributed by atoms with Crippen LogP contribution in [0.15, 0.2) is 42.6 Å². The molecule has 1 aliphatic heterocycles. The summed E-state index contributed by atoms with van der Waals surface area (Å²) in [6.07, 6.45) is 2.89. The molecule has 2 heterocycles. The third kappa shape index (κ3) is 2.54. The van der Waals surface area contributed by atoms with Gasteiger partial charge in [-0.3, -0.25) is 0 Å². The molecule has 0 aliphatic carbocycles. The summed E-state index contributed by atoms with van der Waals surface area (Å²) >= 11 is 0. The molecule has 104 valence electrons. The van der Waals surface area contributed by atoms with E-state index in [1.165, 1.54) is 11.4 Å². The number of nitrogens with zero attached hydrogens (tertiary/aromatic N) is 2. The summed E-state index contributed by atoms with van der Waals surface area (Å²) in [7, 11) is 1.67. The highest BCUT2D eigenvalue weighted by Crippen LogP contribution is 2.30. The molecule has 0 spiro atoms. The van der Waals surface area contributed by atoms with Crippen LogP contribution in [-0.4, -0.2) is 25.2 Å². The third-order valence-corrected chi connectivity index (χ3v) is 3.57. The first-order chi connectivity index (χ1) is 9.88. The largest absolute Gasteiger partial charge is 0.481 e. The van der Waals surface area contributed by atoms with E-state index in [-0.39, 0.29) is 0 Å². The van der Waals surface area contributed by atoms with Crippen molar-refractivity contribution >= 4 is 11.4 Å². The lowest BCUT2D eigenvalue weighted by molar-refractivity contribution is 0.392. The Labute approximate surface area is 119 Å². The molecule has 1 aromatic carbocycles. The van der Waals surface area contributed by atoms with Gasteiger partial charge in [-0.25, -0.2) is 4.98 Å². The van der Waals surface area contributed by atoms with Gasteiger partial charge in [-0.15, -0.1) is 0 Å². The normalized spacial score (nSPS) is 14.2. The van der Waals surface area contributed by atoms with Crippen LogP contribution in [0.5, 0.6) is 5.88 Å². The van der Waals surface area contributed by atoms with E-state index in [9.17, 15) is 0 Å². The minimum absolute atomic E-state index is 0.710. The van der Waals surface area contributed by atoms with Crippen LogP contribution < -0.4 is 15.0 Å². The number of nitrogens with one attached hydrogen (secondary N) is 1. The lowest BCUT2D eigenvalue weighted by atomic mass is 10.2. The smallest absolute Gasteiger partial charge is 0.218 e. The molecule has 4 heteroatoms. The Morgan fingerprint density at radius 2 is 2.15 bits per heavy atom. The maximum Gasteiger partial charge on any atom is 0.218 e. The molecule has 0 atom stereocenters. The molecule has 0 saturated carbocycles. The first-order valence-corrected chi connectivity index (χ1v) is 6.94. The molecular formula is C16H19N3O. The summed E-state index contributed by atoms with van der Waals surface area (Å²) in [5.74, 6) is 0.710. The molecule has 0 unspecified atom stereocenters. The fraction of sp³-hybridized carbons (Fsp3) is 0.312. The third-order valence-electron chi connectivity index (χ3n) is 3.57. The van der Waals surface area contributed by atoms with Crippen molar-refractivity contribution in [2.75, 3.05) is 30.4 Å². The number of benzene rings is 1. The minimum atomic E-state index is 0.710. The zero-order valence-electron chi connectivity index (χ0n) is 11.7. The number of aromatic nitrogens is 1. The van der Waals surface area contributed by atoms with Crippen molar-refractivity contribution in [2.45, 2.75) is 13.0 Å². The monoisotopic (exact) mass is 269 g/mol. The minimum Gasteiger partial charge on any atom is -0.481 e. The van der Waals surface area contributed by atoms with Gasteiger partial charge in [-0.05, 0) is 24.6 Å². The Hall–Kier alpha value is -2.23. The molecule has 1 aliphatic rings. The average molecular weight is 269 g/mol. The van der Waals surface area contributed by atoms with Crippen molar-refractivity contribution in [2.24, 2.45) is 0 Å². The van der Waals surface area contributed by atoms with Gasteiger partial charge in [0.25, 0.3) is 0 Å². The molecule has 0 bridgehead atoms. The Morgan fingerprint density at radius 3 is 3.05 bits per heavy atom. The SMILES string of the molecule is COc1ncccc1CN1CCCNc2ccccc21. The van der Waals surface area contributed by atoms with Gasteiger partial charge >= 0.3 is 0 Å². The second-order valence-electron chi connectivity index (χ2n) is 4.89. The van der Waals surface area contributed by atoms with Gasteiger partial charge in [0.15, 0.2) is 0 Å². The number of hydrogen-bond acceptors (Lipinski definition) is 4. The van der Waals surface area contributed by atoms with Crippen LogP contribution in [0, 0.1) is 0 Å². The van der Waals surface area contributed by atoms with E-state index in [1.807, 2.05) is 6.07 Å². The lowest BCUT2D eigenvalue weighted by Gasteiger charge is -2.25. The summed E-state index contributed by atoms with van der Waals surface area (Å²) in [5.41, 5.74) is 3.57. The maximum atomic E-state index is 5.35. The van der Waals surface area contributed by atoms with Crippen LogP contribution in [0.3, 0.4) is 0 Å². The Kier molecular flexibility index (Phi) is 3.72. The van der Waals surface area contributed by atoms with Crippen molar-refractivity contribution in [1.82, 2.24) is 4.98 Å². The summed E-state index contributed by atoms with van der Waals surface area (Å²) < 4.78 is 5.35. The Morgan fingerprint density at radius 1 is 1.25 bits per heavy atom. The number of anilines is 2. The molecule has 2 aromatic rings. The van der Waals surface area contributed by atoms with E-state index in [2.05, 4.69) is 45.5 Å². The van der Waals surface area contributed by atoms with Crippen LogP contribution in [0.25, 0.3) is 0 Å². The maximum absolute atomic E-state index is 5.35. The van der Waals surface area contributed by atoms with Gasteiger partial charge < -0.3 is 15.0 Å². The van der Waals surface area contributed by atoms with E-state index < -0.39 is 0 Å². The number of ether oxygens (including phenoxy) is 1. The molecule has 0 fully saturated rings. The summed E-state index contributed by atoms with van der Waals surface area (Å²) in [5, 5.41) is 3.48. The molecule has 3 rings (SSSR count). The highest BCUT2D eigenvalue weighted by atomic mass is 16.5. The molecule has 0 amide bonds. The number of para-hydroxylation sites is 2. The predicted molar refractivity (Wildman–Crippen MR) is 81.4 cm³/mol. The Balaban J connectivity index is 1.90. The van der Waals surface area contributed by atoms with Crippen LogP contribution in [0.2, 0.25) is 0 Å². The predicted octanol–water partition coefficient (Wildman–Crippen LogP) is 2.91. The lowest BCUT2D eigenvalue weighted by Crippen LogP contribution is -2.23. The molecule has 1 N–H and O–H groups in total. The molecule has 4 nitrogen and oxygen atoms in total. The number of hydrogen-bond donors (Lipinski definition) is 1. The van der Waals surface area contributed by atoms with Gasteiger partial charge in [0.1, 0.15) is 0 Å². The second kappa shape index (κ2) is 5.82. The highest BCUT2D eigenvalue weighted by molar-refractivity contribution is 5.70. The number of methoxy groups -OCH3 is 1. The van der Waals surface area contributed by atoms with Gasteiger partial charge in [-0.1, -0.05) is 18.2 Å². The van der Waals surface area contributed by atoms with E-state index in [1.54, 1.807) is 13.3 Å². The number of rotatable bonds is 3. The van der Waals surface area contributed by atoms with E-state index in [4.69, 9.17) is 4.74 Å². The van der Waals surface area contributed by atoms with Crippen molar-refractivity contribution in [1.29, 1.82) is 0 Å². The second-order valence-corrected chi connectivity index (χ2v) is 4.89. The summed E-state index contributed by atoms with van der Waals surface area (Å²) in [6.45, 7) is 2.86. The Bertz CT molecular complexity index is 585. The summed E-state index contributed by atoms with van der Waals surface area (Å²) in [6, 6.07) is 12.5. The fourth-order valence-corrected chi connectivity index (χ4v) is 2.61. The first kappa shape index (κ1) is 12.8. The topological polar surface area (TPSA) is 37.4 Å². The first-order valence-electron chi connectivity index (χ1n) is 6.94. The molecule has 1 aromatic heterocycles. The molecule has 20 heavy (non-hydrogen) atoms. The average Bonchev–Trinajstić information content (AvgIpc) is 2.71. The van der Waals surface area contributed by atoms with Gasteiger partial charge in [0.05, 0.1) is 18.5 Å². The van der Waals surface area contributed by atoms with Gasteiger partial charge in [-0.2, -0.15) is 0 Å². The van der Waals surface area contributed by atoms with E-state index >= 15 is 0 Å². The van der Waals surface area contributed by atoms with Crippen molar-refractivity contribution in [3.63, 3.8) is 0 Å². The van der Waals surface area contributed by atoms with Crippen molar-refractivity contribution in [3.8, 4) is 5.88 Å². The van der Waals surface area contributed by atoms with Crippen LogP contribution in [-0.2, 0) is 6.54 Å². The molecule has 0 radical (unpaired) electrons. The summed E-state index contributed by atoms with van der Waals surface area (Å²) in [4.78, 5) is 6.66. The van der Waals surface area contributed by atoms with Gasteiger partial charge in [0, 0.05) is 31.4 Å². The molecular weight excluding hydrogens is 250 g/mol. The van der Waals surface area contributed by atoms with E-state index in [0.29, 0.717) is 5.88 Å². The standard InChI is InChI=1S/C16H19N3O/c1-20-16-13(6-4-9-18-16)12-19-11-5-10-17-14-7-2-3-8-15(14)19/h2-4,6-9,17H,5,10-12H2,1H3. The quantitative estimate of drug-likeness (QED) is 0.929. The van der Waals surface area contributed by atoms with Gasteiger partial charge in [0.2, 0.25) is 5.88 Å². The zero-order valence-corrected chi connectivity index (χ0v) is 11.7.